The van der Waals surface area contributed by atoms with E-state index in [0.29, 0.717) is 32.0 Å². The number of ether oxygens (including phenoxy) is 1. The highest BCUT2D eigenvalue weighted by molar-refractivity contribution is 7.91. The summed E-state index contributed by atoms with van der Waals surface area (Å²) in [6.07, 6.45) is 1.66. The lowest BCUT2D eigenvalue weighted by Crippen LogP contribution is -2.44. The van der Waals surface area contributed by atoms with Gasteiger partial charge in [-0.15, -0.1) is 0 Å². The van der Waals surface area contributed by atoms with Crippen LogP contribution in [0.3, 0.4) is 0 Å². The molecular weight excluding hydrogens is 280 g/mol. The van der Waals surface area contributed by atoms with E-state index in [0.717, 1.165) is 19.6 Å². The molecule has 2 fully saturated rings. The number of nitrogens with zero attached hydrogens (tertiary/aromatic N) is 1. The van der Waals surface area contributed by atoms with Crippen molar-refractivity contribution < 1.29 is 17.9 Å². The summed E-state index contributed by atoms with van der Waals surface area (Å²) in [6.45, 7) is 5.29. The lowest BCUT2D eigenvalue weighted by atomic mass is 10.1. The van der Waals surface area contributed by atoms with Crippen LogP contribution < -0.4 is 5.32 Å². The highest BCUT2D eigenvalue weighted by atomic mass is 32.2. The molecule has 0 aliphatic carbocycles. The lowest BCUT2D eigenvalue weighted by molar-refractivity contribution is 0.166. The van der Waals surface area contributed by atoms with E-state index < -0.39 is 9.84 Å². The van der Waals surface area contributed by atoms with Gasteiger partial charge in [0.1, 0.15) is 0 Å². The second-order valence-electron chi connectivity index (χ2n) is 5.72. The summed E-state index contributed by atoms with van der Waals surface area (Å²) in [6, 6.07) is -0.0938. The topological polar surface area (TPSA) is 75.7 Å². The molecule has 0 aromatic rings. The summed E-state index contributed by atoms with van der Waals surface area (Å²) in [5, 5.41) is 2.87. The maximum absolute atomic E-state index is 12.1. The predicted octanol–water partition coefficient (Wildman–Crippen LogP) is 0.489. The van der Waals surface area contributed by atoms with Gasteiger partial charge in [0.25, 0.3) is 0 Å². The van der Waals surface area contributed by atoms with E-state index in [1.54, 1.807) is 4.90 Å². The number of hydrogen-bond acceptors (Lipinski definition) is 4. The van der Waals surface area contributed by atoms with Crippen LogP contribution in [0.1, 0.15) is 19.8 Å². The zero-order chi connectivity index (χ0) is 14.6. The van der Waals surface area contributed by atoms with Gasteiger partial charge in [-0.2, -0.15) is 0 Å². The Morgan fingerprint density at radius 2 is 2.15 bits per heavy atom. The quantitative estimate of drug-likeness (QED) is 0.802. The zero-order valence-corrected chi connectivity index (χ0v) is 12.8. The number of rotatable bonds is 5. The molecule has 2 atom stereocenters. The summed E-state index contributed by atoms with van der Waals surface area (Å²) < 4.78 is 28.1. The molecule has 0 bridgehead atoms. The van der Waals surface area contributed by atoms with Crippen LogP contribution in [-0.4, -0.2) is 63.7 Å². The van der Waals surface area contributed by atoms with Gasteiger partial charge in [0.2, 0.25) is 0 Å². The van der Waals surface area contributed by atoms with E-state index in [4.69, 9.17) is 4.74 Å². The molecule has 0 radical (unpaired) electrons. The van der Waals surface area contributed by atoms with Gasteiger partial charge in [0.05, 0.1) is 18.1 Å². The number of urea groups is 1. The molecule has 2 rings (SSSR count). The first-order chi connectivity index (χ1) is 9.50. The maximum Gasteiger partial charge on any atom is 0.317 e. The van der Waals surface area contributed by atoms with Crippen molar-refractivity contribution in [3.63, 3.8) is 0 Å². The molecule has 2 saturated heterocycles. The number of carbonyl (C=O) groups excluding carboxylic acids is 1. The van der Waals surface area contributed by atoms with Crippen LogP contribution in [0.5, 0.6) is 0 Å². The Labute approximate surface area is 120 Å². The monoisotopic (exact) mass is 304 g/mol. The molecule has 6 nitrogen and oxygen atoms in total. The zero-order valence-electron chi connectivity index (χ0n) is 12.0. The van der Waals surface area contributed by atoms with Crippen LogP contribution in [0.15, 0.2) is 0 Å². The minimum Gasteiger partial charge on any atom is -0.381 e. The summed E-state index contributed by atoms with van der Waals surface area (Å²) >= 11 is 0. The number of amides is 2. The van der Waals surface area contributed by atoms with Crippen molar-refractivity contribution in [3.8, 4) is 0 Å². The largest absolute Gasteiger partial charge is 0.381 e. The molecule has 0 spiro atoms. The van der Waals surface area contributed by atoms with Crippen molar-refractivity contribution in [1.29, 1.82) is 0 Å². The molecule has 0 aromatic carbocycles. The van der Waals surface area contributed by atoms with Crippen molar-refractivity contribution >= 4 is 15.9 Å². The Bertz CT molecular complexity index is 432. The van der Waals surface area contributed by atoms with E-state index in [9.17, 15) is 13.2 Å². The SMILES string of the molecule is CCN(C[C@@H]1CCOC1)C(=O)NC[C@H]1CCS(=O)(=O)C1. The Hall–Kier alpha value is -0.820. The average molecular weight is 304 g/mol. The van der Waals surface area contributed by atoms with Crippen LogP contribution in [0.25, 0.3) is 0 Å². The number of hydrogen-bond donors (Lipinski definition) is 1. The van der Waals surface area contributed by atoms with E-state index in [1.165, 1.54) is 0 Å². The minimum atomic E-state index is -2.87. The van der Waals surface area contributed by atoms with Gasteiger partial charge in [-0.3, -0.25) is 0 Å². The molecule has 0 saturated carbocycles. The third kappa shape index (κ3) is 4.34. The van der Waals surface area contributed by atoms with Crippen molar-refractivity contribution in [2.24, 2.45) is 11.8 Å². The summed E-state index contributed by atoms with van der Waals surface area (Å²) in [4.78, 5) is 13.9. The number of nitrogens with one attached hydrogen (secondary N) is 1. The average Bonchev–Trinajstić information content (AvgIpc) is 3.02. The second-order valence-corrected chi connectivity index (χ2v) is 7.95. The Balaban J connectivity index is 1.74. The van der Waals surface area contributed by atoms with E-state index in [-0.39, 0.29) is 23.5 Å². The number of carbonyl (C=O) groups is 1. The van der Waals surface area contributed by atoms with Gasteiger partial charge >= 0.3 is 6.03 Å². The van der Waals surface area contributed by atoms with Gasteiger partial charge in [0, 0.05) is 32.2 Å². The van der Waals surface area contributed by atoms with Crippen LogP contribution in [0.2, 0.25) is 0 Å². The second kappa shape index (κ2) is 6.76. The van der Waals surface area contributed by atoms with Crippen LogP contribution in [-0.2, 0) is 14.6 Å². The smallest absolute Gasteiger partial charge is 0.317 e. The molecule has 116 valence electrons. The van der Waals surface area contributed by atoms with Crippen molar-refractivity contribution in [2.45, 2.75) is 19.8 Å². The third-order valence-corrected chi connectivity index (χ3v) is 5.88. The van der Waals surface area contributed by atoms with E-state index in [1.807, 2.05) is 6.92 Å². The maximum atomic E-state index is 12.1. The molecule has 2 heterocycles. The summed E-state index contributed by atoms with van der Waals surface area (Å²) in [7, 11) is -2.87. The van der Waals surface area contributed by atoms with Crippen LogP contribution in [0.4, 0.5) is 4.79 Å². The van der Waals surface area contributed by atoms with Crippen LogP contribution >= 0.6 is 0 Å². The Kier molecular flexibility index (Phi) is 5.26. The molecular formula is C13H24N2O4S. The van der Waals surface area contributed by atoms with Crippen LogP contribution in [0, 0.1) is 11.8 Å². The Morgan fingerprint density at radius 3 is 2.70 bits per heavy atom. The molecule has 0 unspecified atom stereocenters. The van der Waals surface area contributed by atoms with E-state index >= 15 is 0 Å². The molecule has 0 aromatic heterocycles. The molecule has 1 N–H and O–H groups in total. The standard InChI is InChI=1S/C13H24N2O4S/c1-2-15(8-12-3-5-19-9-12)13(16)14-7-11-4-6-20(17,18)10-11/h11-12H,2-10H2,1H3,(H,14,16)/t11-,12+/m1/s1. The highest BCUT2D eigenvalue weighted by Gasteiger charge is 2.28. The molecule has 2 aliphatic rings. The number of sulfone groups is 1. The van der Waals surface area contributed by atoms with Gasteiger partial charge in [0.15, 0.2) is 9.84 Å². The van der Waals surface area contributed by atoms with E-state index in [2.05, 4.69) is 5.32 Å². The fraction of sp³-hybridized carbons (Fsp3) is 0.923. The van der Waals surface area contributed by atoms with Gasteiger partial charge < -0.3 is 15.0 Å². The van der Waals surface area contributed by atoms with Crippen molar-refractivity contribution in [3.05, 3.63) is 0 Å². The normalized spacial score (nSPS) is 28.4. The fourth-order valence-electron chi connectivity index (χ4n) is 2.77. The third-order valence-electron chi connectivity index (χ3n) is 4.04. The summed E-state index contributed by atoms with van der Waals surface area (Å²) in [5.41, 5.74) is 0. The first-order valence-corrected chi connectivity index (χ1v) is 9.13. The molecule has 7 heteroatoms. The predicted molar refractivity (Wildman–Crippen MR) is 76.3 cm³/mol. The lowest BCUT2D eigenvalue weighted by Gasteiger charge is -2.24. The molecule has 2 aliphatic heterocycles. The molecule has 20 heavy (non-hydrogen) atoms. The Morgan fingerprint density at radius 1 is 1.35 bits per heavy atom. The fourth-order valence-corrected chi connectivity index (χ4v) is 4.63. The van der Waals surface area contributed by atoms with Gasteiger partial charge in [-0.25, -0.2) is 13.2 Å². The minimum absolute atomic E-state index is 0.0671. The summed E-state index contributed by atoms with van der Waals surface area (Å²) in [5.74, 6) is 0.949. The first-order valence-electron chi connectivity index (χ1n) is 7.31. The first kappa shape index (κ1) is 15.6. The molecule has 2 amide bonds. The van der Waals surface area contributed by atoms with Crippen molar-refractivity contribution in [2.75, 3.05) is 44.4 Å². The highest BCUT2D eigenvalue weighted by Crippen LogP contribution is 2.18. The van der Waals surface area contributed by atoms with Gasteiger partial charge in [-0.05, 0) is 25.7 Å². The van der Waals surface area contributed by atoms with Crippen molar-refractivity contribution in [1.82, 2.24) is 10.2 Å². The van der Waals surface area contributed by atoms with Gasteiger partial charge in [-0.1, -0.05) is 0 Å².